The monoisotopic (exact) mass is 383 g/mol. The number of nitrogens with zero attached hydrogens (tertiary/aromatic N) is 3. The normalized spacial score (nSPS) is 19.0. The molecule has 1 aliphatic carbocycles. The van der Waals surface area contributed by atoms with E-state index >= 15 is 0 Å². The molecule has 0 saturated carbocycles. The maximum atomic E-state index is 4.48. The Hall–Kier alpha value is -1.56. The number of allylic oxidation sites excluding steroid dienone is 1. The molecule has 1 fully saturated rings. The van der Waals surface area contributed by atoms with E-state index in [0.717, 1.165) is 32.6 Å². The second kappa shape index (κ2) is 7.99. The topological polar surface area (TPSA) is 19.4 Å². The van der Waals surface area contributed by atoms with Crippen molar-refractivity contribution in [2.45, 2.75) is 24.3 Å². The van der Waals surface area contributed by atoms with Gasteiger partial charge in [0.25, 0.3) is 0 Å². The summed E-state index contributed by atoms with van der Waals surface area (Å²) >= 11 is 3.53. The molecule has 2 heterocycles. The van der Waals surface area contributed by atoms with Gasteiger partial charge in [-0.1, -0.05) is 12.2 Å². The minimum absolute atomic E-state index is 0.460. The summed E-state index contributed by atoms with van der Waals surface area (Å²) in [6.07, 6.45) is 9.97. The number of hydrogen-bond acceptors (Lipinski definition) is 5. The maximum absolute atomic E-state index is 4.48. The molecule has 2 aliphatic rings. The van der Waals surface area contributed by atoms with Crippen molar-refractivity contribution in [2.75, 3.05) is 37.3 Å². The van der Waals surface area contributed by atoms with Crippen LogP contribution in [0.2, 0.25) is 0 Å². The Labute approximate surface area is 164 Å². The van der Waals surface area contributed by atoms with Crippen LogP contribution in [-0.2, 0) is 6.42 Å². The Bertz CT molecular complexity index is 799. The number of hydrogen-bond donors (Lipinski definition) is 0. The lowest BCUT2D eigenvalue weighted by Gasteiger charge is -2.39. The van der Waals surface area contributed by atoms with Gasteiger partial charge in [-0.25, -0.2) is 4.98 Å². The minimum Gasteiger partial charge on any atom is -0.369 e. The zero-order valence-corrected chi connectivity index (χ0v) is 17.0. The van der Waals surface area contributed by atoms with Crippen molar-refractivity contribution in [2.24, 2.45) is 0 Å². The first-order chi connectivity index (χ1) is 12.7. The molecule has 5 heteroatoms. The minimum atomic E-state index is 0.460. The van der Waals surface area contributed by atoms with Gasteiger partial charge >= 0.3 is 0 Å². The summed E-state index contributed by atoms with van der Waals surface area (Å²) in [5.41, 5.74) is 5.93. The summed E-state index contributed by atoms with van der Waals surface area (Å²) in [6, 6.07) is 9.42. The van der Waals surface area contributed by atoms with Crippen LogP contribution in [-0.4, -0.2) is 48.4 Å². The van der Waals surface area contributed by atoms with Gasteiger partial charge in [0.2, 0.25) is 0 Å². The van der Waals surface area contributed by atoms with Gasteiger partial charge < -0.3 is 4.90 Å². The largest absolute Gasteiger partial charge is 0.369 e. The lowest BCUT2D eigenvalue weighted by atomic mass is 10.0. The van der Waals surface area contributed by atoms with Crippen molar-refractivity contribution >= 4 is 34.9 Å². The van der Waals surface area contributed by atoms with Crippen LogP contribution in [0.25, 0.3) is 6.08 Å². The van der Waals surface area contributed by atoms with E-state index in [2.05, 4.69) is 70.5 Å². The zero-order valence-electron chi connectivity index (χ0n) is 15.4. The average Bonchev–Trinajstić information content (AvgIpc) is 3.06. The van der Waals surface area contributed by atoms with Crippen LogP contribution in [0.5, 0.6) is 0 Å². The Balaban J connectivity index is 1.37. The fraction of sp³-hybridized carbons (Fsp3) is 0.381. The van der Waals surface area contributed by atoms with E-state index < -0.39 is 0 Å². The van der Waals surface area contributed by atoms with Crippen LogP contribution >= 0.6 is 23.1 Å². The number of aromatic nitrogens is 1. The molecule has 0 radical (unpaired) electrons. The first-order valence-corrected chi connectivity index (χ1v) is 11.3. The standard InChI is InChI=1S/C21H25N3S2/c1-16(17-3-9-20-21(10-4-17)26-15-22-20)23-11-13-24(14-12-23)18-5-7-19(25-2)8-6-18/h3-8,10,15-16H,9,11-14H2,1-2H3. The number of rotatable bonds is 4. The highest BCUT2D eigenvalue weighted by Gasteiger charge is 2.23. The summed E-state index contributed by atoms with van der Waals surface area (Å²) < 4.78 is 0. The summed E-state index contributed by atoms with van der Waals surface area (Å²) in [7, 11) is 0. The van der Waals surface area contributed by atoms with Crippen molar-refractivity contribution in [3.8, 4) is 0 Å². The third-order valence-electron chi connectivity index (χ3n) is 5.41. The number of benzene rings is 1. The van der Waals surface area contributed by atoms with Gasteiger partial charge in [0.05, 0.1) is 16.1 Å². The van der Waals surface area contributed by atoms with E-state index in [1.54, 1.807) is 23.1 Å². The van der Waals surface area contributed by atoms with Crippen molar-refractivity contribution in [1.29, 1.82) is 0 Å². The molecule has 1 saturated heterocycles. The van der Waals surface area contributed by atoms with Crippen molar-refractivity contribution in [1.82, 2.24) is 9.88 Å². The smallest absolute Gasteiger partial charge is 0.0801 e. The molecule has 2 aromatic rings. The Morgan fingerprint density at radius 2 is 1.85 bits per heavy atom. The average molecular weight is 384 g/mol. The summed E-state index contributed by atoms with van der Waals surface area (Å²) in [5.74, 6) is 0. The Morgan fingerprint density at radius 1 is 1.08 bits per heavy atom. The van der Waals surface area contributed by atoms with E-state index in [9.17, 15) is 0 Å². The molecule has 0 N–H and O–H groups in total. The van der Waals surface area contributed by atoms with Crippen LogP contribution in [0.15, 0.2) is 52.4 Å². The molecular weight excluding hydrogens is 358 g/mol. The SMILES string of the molecule is CSc1ccc(N2CCN(C(C)C3=CCc4ncsc4C=C3)CC2)cc1. The highest BCUT2D eigenvalue weighted by atomic mass is 32.2. The van der Waals surface area contributed by atoms with E-state index in [1.165, 1.54) is 26.7 Å². The van der Waals surface area contributed by atoms with Crippen molar-refractivity contribution < 1.29 is 0 Å². The molecule has 0 bridgehead atoms. The van der Waals surface area contributed by atoms with Crippen LogP contribution in [0.4, 0.5) is 5.69 Å². The molecule has 26 heavy (non-hydrogen) atoms. The van der Waals surface area contributed by atoms with E-state index in [-0.39, 0.29) is 0 Å². The highest BCUT2D eigenvalue weighted by Crippen LogP contribution is 2.26. The van der Waals surface area contributed by atoms with Gasteiger partial charge in [0.15, 0.2) is 0 Å². The van der Waals surface area contributed by atoms with Gasteiger partial charge in [-0.05, 0) is 49.1 Å². The Kier molecular flexibility index (Phi) is 5.48. The molecule has 1 unspecified atom stereocenters. The third-order valence-corrected chi connectivity index (χ3v) is 6.99. The number of piperazine rings is 1. The lowest BCUT2D eigenvalue weighted by molar-refractivity contribution is 0.222. The predicted molar refractivity (Wildman–Crippen MR) is 114 cm³/mol. The molecular formula is C21H25N3S2. The summed E-state index contributed by atoms with van der Waals surface area (Å²) in [4.78, 5) is 12.2. The maximum Gasteiger partial charge on any atom is 0.0801 e. The number of fused-ring (bicyclic) bond motifs is 1. The lowest BCUT2D eigenvalue weighted by Crippen LogP contribution is -2.50. The second-order valence-electron chi connectivity index (χ2n) is 6.80. The molecule has 1 aliphatic heterocycles. The number of thiazole rings is 1. The van der Waals surface area contributed by atoms with Crippen molar-refractivity contribution in [3.05, 3.63) is 58.1 Å². The molecule has 136 valence electrons. The van der Waals surface area contributed by atoms with Crippen LogP contribution < -0.4 is 4.90 Å². The molecule has 1 aromatic carbocycles. The number of thioether (sulfide) groups is 1. The van der Waals surface area contributed by atoms with E-state index in [1.807, 2.05) is 5.51 Å². The molecule has 0 amide bonds. The molecule has 1 atom stereocenters. The predicted octanol–water partition coefficient (Wildman–Crippen LogP) is 4.57. The van der Waals surface area contributed by atoms with Crippen LogP contribution in [0, 0.1) is 0 Å². The molecule has 1 aromatic heterocycles. The molecule has 4 rings (SSSR count). The number of anilines is 1. The third kappa shape index (κ3) is 3.75. The van der Waals surface area contributed by atoms with Crippen molar-refractivity contribution in [3.63, 3.8) is 0 Å². The van der Waals surface area contributed by atoms with Gasteiger partial charge in [0, 0.05) is 49.2 Å². The van der Waals surface area contributed by atoms with Gasteiger partial charge in [-0.3, -0.25) is 4.90 Å². The van der Waals surface area contributed by atoms with Gasteiger partial charge in [-0.15, -0.1) is 23.1 Å². The first-order valence-electron chi connectivity index (χ1n) is 9.18. The Morgan fingerprint density at radius 3 is 2.58 bits per heavy atom. The van der Waals surface area contributed by atoms with Gasteiger partial charge in [-0.2, -0.15) is 0 Å². The van der Waals surface area contributed by atoms with E-state index in [0.29, 0.717) is 6.04 Å². The zero-order chi connectivity index (χ0) is 17.9. The molecule has 0 spiro atoms. The van der Waals surface area contributed by atoms with Gasteiger partial charge in [0.1, 0.15) is 0 Å². The molecule has 3 nitrogen and oxygen atoms in total. The van der Waals surface area contributed by atoms with E-state index in [4.69, 9.17) is 0 Å². The second-order valence-corrected chi connectivity index (χ2v) is 8.57. The van der Waals surface area contributed by atoms with Crippen LogP contribution in [0.1, 0.15) is 17.5 Å². The fourth-order valence-electron chi connectivity index (χ4n) is 3.70. The summed E-state index contributed by atoms with van der Waals surface area (Å²) in [5, 5.41) is 0. The fourth-order valence-corrected chi connectivity index (χ4v) is 4.82. The quantitative estimate of drug-likeness (QED) is 0.720. The first kappa shape index (κ1) is 17.8. The highest BCUT2D eigenvalue weighted by molar-refractivity contribution is 7.98. The van der Waals surface area contributed by atoms with Crippen LogP contribution in [0.3, 0.4) is 0 Å². The summed E-state index contributed by atoms with van der Waals surface area (Å²) in [6.45, 7) is 6.74.